The van der Waals surface area contributed by atoms with Crippen molar-refractivity contribution in [1.82, 2.24) is 0 Å². The van der Waals surface area contributed by atoms with Crippen LogP contribution in [0.2, 0.25) is 0 Å². The van der Waals surface area contributed by atoms with E-state index in [0.29, 0.717) is 23.7 Å². The molecule has 0 radical (unpaired) electrons. The first kappa shape index (κ1) is 14.6. The largest absolute Gasteiger partial charge is 0.303 e. The van der Waals surface area contributed by atoms with Gasteiger partial charge in [0.1, 0.15) is 6.29 Å². The molecule has 2 aliphatic carbocycles. The van der Waals surface area contributed by atoms with Gasteiger partial charge in [-0.3, -0.25) is 0 Å². The van der Waals surface area contributed by atoms with Gasteiger partial charge in [-0.1, -0.05) is 37.1 Å². The minimum absolute atomic E-state index is 0.189. The molecule has 1 nitrogen and oxygen atoms in total. The van der Waals surface area contributed by atoms with E-state index in [-0.39, 0.29) is 5.92 Å². The van der Waals surface area contributed by atoms with Crippen LogP contribution in [0.25, 0.3) is 0 Å². The van der Waals surface area contributed by atoms with Crippen molar-refractivity contribution in [2.24, 2.45) is 35.5 Å². The van der Waals surface area contributed by atoms with E-state index in [1.54, 1.807) is 0 Å². The van der Waals surface area contributed by atoms with E-state index in [1.807, 2.05) is 0 Å². The average Bonchev–Trinajstić information content (AvgIpc) is 2.35. The van der Waals surface area contributed by atoms with E-state index >= 15 is 0 Å². The molecule has 0 aromatic carbocycles. The van der Waals surface area contributed by atoms with Crippen LogP contribution in [-0.4, -0.2) is 6.29 Å². The standard InChI is InChI=1S/C18H28O/c1-6-12(3)17-14(5)9-15-8-11(2)7-13(4)18(15)16(17)10-19/h6,9-11,13,15-18H,7-8H2,1-5H3/b12-6+/t11-,13+,15+,16-,17-,18+/m0/s1. The number of aldehydes is 1. The van der Waals surface area contributed by atoms with Crippen molar-refractivity contribution in [3.63, 3.8) is 0 Å². The fraction of sp³-hybridized carbons (Fsp3) is 0.722. The lowest BCUT2D eigenvalue weighted by Gasteiger charge is -2.47. The monoisotopic (exact) mass is 260 g/mol. The normalized spacial score (nSPS) is 43.4. The molecule has 1 heteroatoms. The fourth-order valence-electron chi connectivity index (χ4n) is 4.75. The van der Waals surface area contributed by atoms with E-state index in [1.165, 1.54) is 30.3 Å². The average molecular weight is 260 g/mol. The third kappa shape index (κ3) is 2.57. The van der Waals surface area contributed by atoms with Crippen molar-refractivity contribution in [1.29, 1.82) is 0 Å². The molecule has 0 aliphatic heterocycles. The third-order valence-corrected chi connectivity index (χ3v) is 5.50. The first-order valence-electron chi connectivity index (χ1n) is 7.76. The Bertz CT molecular complexity index is 404. The van der Waals surface area contributed by atoms with Crippen LogP contribution in [0.5, 0.6) is 0 Å². The van der Waals surface area contributed by atoms with Gasteiger partial charge in [0.05, 0.1) is 0 Å². The quantitative estimate of drug-likeness (QED) is 0.522. The molecule has 0 bridgehead atoms. The van der Waals surface area contributed by atoms with E-state index in [2.05, 4.69) is 46.8 Å². The Morgan fingerprint density at radius 2 is 2.00 bits per heavy atom. The number of hydrogen-bond acceptors (Lipinski definition) is 1. The molecule has 0 aromatic rings. The highest BCUT2D eigenvalue weighted by Crippen LogP contribution is 2.50. The van der Waals surface area contributed by atoms with Gasteiger partial charge in [0.25, 0.3) is 0 Å². The van der Waals surface area contributed by atoms with Crippen LogP contribution >= 0.6 is 0 Å². The van der Waals surface area contributed by atoms with Gasteiger partial charge in [-0.2, -0.15) is 0 Å². The second-order valence-corrected chi connectivity index (χ2v) is 6.93. The summed E-state index contributed by atoms with van der Waals surface area (Å²) < 4.78 is 0. The van der Waals surface area contributed by atoms with E-state index in [4.69, 9.17) is 0 Å². The van der Waals surface area contributed by atoms with Crippen LogP contribution in [0.1, 0.15) is 47.5 Å². The molecule has 0 amide bonds. The molecule has 0 N–H and O–H groups in total. The molecule has 1 fully saturated rings. The van der Waals surface area contributed by atoms with Crippen molar-refractivity contribution < 1.29 is 4.79 Å². The molecule has 106 valence electrons. The maximum absolute atomic E-state index is 11.8. The van der Waals surface area contributed by atoms with Crippen molar-refractivity contribution in [2.45, 2.75) is 47.5 Å². The molecule has 0 heterocycles. The molecule has 6 atom stereocenters. The van der Waals surface area contributed by atoms with Crippen molar-refractivity contribution in [3.05, 3.63) is 23.3 Å². The molecule has 0 saturated heterocycles. The summed E-state index contributed by atoms with van der Waals surface area (Å²) in [7, 11) is 0. The Labute approximate surface area is 118 Å². The Kier molecular flexibility index (Phi) is 4.32. The number of hydrogen-bond donors (Lipinski definition) is 0. The summed E-state index contributed by atoms with van der Waals surface area (Å²) in [6, 6.07) is 0. The number of fused-ring (bicyclic) bond motifs is 1. The molecule has 2 aliphatic rings. The summed E-state index contributed by atoms with van der Waals surface area (Å²) in [5, 5.41) is 0. The van der Waals surface area contributed by atoms with Crippen LogP contribution in [0.4, 0.5) is 0 Å². The van der Waals surface area contributed by atoms with Gasteiger partial charge < -0.3 is 4.79 Å². The predicted molar refractivity (Wildman–Crippen MR) is 80.8 cm³/mol. The summed E-state index contributed by atoms with van der Waals surface area (Å²) >= 11 is 0. The topological polar surface area (TPSA) is 17.1 Å². The van der Waals surface area contributed by atoms with Crippen LogP contribution in [0, 0.1) is 35.5 Å². The maximum Gasteiger partial charge on any atom is 0.124 e. The molecule has 2 rings (SSSR count). The van der Waals surface area contributed by atoms with Crippen LogP contribution in [-0.2, 0) is 4.79 Å². The van der Waals surface area contributed by atoms with Crippen LogP contribution in [0.15, 0.2) is 23.3 Å². The van der Waals surface area contributed by atoms with Crippen molar-refractivity contribution in [2.75, 3.05) is 0 Å². The Morgan fingerprint density at radius 3 is 2.58 bits per heavy atom. The van der Waals surface area contributed by atoms with Gasteiger partial charge in [0, 0.05) is 11.8 Å². The molecule has 0 unspecified atom stereocenters. The summed E-state index contributed by atoms with van der Waals surface area (Å²) in [6.45, 7) is 11.2. The zero-order valence-corrected chi connectivity index (χ0v) is 13.0. The van der Waals surface area contributed by atoms with Gasteiger partial charge in [-0.25, -0.2) is 0 Å². The fourth-order valence-corrected chi connectivity index (χ4v) is 4.75. The second-order valence-electron chi connectivity index (χ2n) is 6.93. The summed E-state index contributed by atoms with van der Waals surface area (Å²) in [6.07, 6.45) is 8.44. The lowest BCUT2D eigenvalue weighted by molar-refractivity contribution is -0.116. The van der Waals surface area contributed by atoms with Crippen molar-refractivity contribution in [3.8, 4) is 0 Å². The summed E-state index contributed by atoms with van der Waals surface area (Å²) in [5.74, 6) is 3.17. The zero-order chi connectivity index (χ0) is 14.2. The third-order valence-electron chi connectivity index (χ3n) is 5.50. The zero-order valence-electron chi connectivity index (χ0n) is 13.0. The smallest absolute Gasteiger partial charge is 0.124 e. The maximum atomic E-state index is 11.8. The number of carbonyl (C=O) groups excluding carboxylic acids is 1. The minimum Gasteiger partial charge on any atom is -0.303 e. The Balaban J connectivity index is 2.40. The van der Waals surface area contributed by atoms with E-state index < -0.39 is 0 Å². The number of allylic oxidation sites excluding steroid dienone is 4. The first-order valence-corrected chi connectivity index (χ1v) is 7.76. The lowest BCUT2D eigenvalue weighted by Crippen LogP contribution is -2.42. The second kappa shape index (κ2) is 5.64. The van der Waals surface area contributed by atoms with Crippen molar-refractivity contribution >= 4 is 6.29 Å². The molecular weight excluding hydrogens is 232 g/mol. The van der Waals surface area contributed by atoms with Gasteiger partial charge >= 0.3 is 0 Å². The summed E-state index contributed by atoms with van der Waals surface area (Å²) in [4.78, 5) is 11.8. The van der Waals surface area contributed by atoms with Gasteiger partial charge in [-0.15, -0.1) is 0 Å². The SMILES string of the molecule is C/C=C(\C)[C@H]1C(C)=C[C@H]2C[C@@H](C)C[C@@H](C)[C@H]2[C@H]1C=O. The predicted octanol–water partition coefficient (Wildman–Crippen LogP) is 4.64. The first-order chi connectivity index (χ1) is 8.99. The molecule has 0 aromatic heterocycles. The molecule has 1 saturated carbocycles. The minimum atomic E-state index is 0.189. The highest BCUT2D eigenvalue weighted by Gasteiger charge is 2.44. The van der Waals surface area contributed by atoms with Crippen LogP contribution < -0.4 is 0 Å². The van der Waals surface area contributed by atoms with Gasteiger partial charge in [0.15, 0.2) is 0 Å². The number of carbonyl (C=O) groups is 1. The molecular formula is C18H28O. The van der Waals surface area contributed by atoms with Gasteiger partial charge in [0.2, 0.25) is 0 Å². The highest BCUT2D eigenvalue weighted by atomic mass is 16.1. The van der Waals surface area contributed by atoms with E-state index in [0.717, 1.165) is 5.92 Å². The molecule has 0 spiro atoms. The molecule has 19 heavy (non-hydrogen) atoms. The van der Waals surface area contributed by atoms with E-state index in [9.17, 15) is 4.79 Å². The lowest BCUT2D eigenvalue weighted by atomic mass is 9.57. The number of rotatable bonds is 2. The van der Waals surface area contributed by atoms with Crippen LogP contribution in [0.3, 0.4) is 0 Å². The summed E-state index contributed by atoms with van der Waals surface area (Å²) in [5.41, 5.74) is 2.77. The highest BCUT2D eigenvalue weighted by molar-refractivity contribution is 5.58. The van der Waals surface area contributed by atoms with Gasteiger partial charge in [-0.05, 0) is 57.3 Å². The Hall–Kier alpha value is -0.850. The Morgan fingerprint density at radius 1 is 1.32 bits per heavy atom.